The Hall–Kier alpha value is -0.660. The SMILES string of the molecule is O=S(=O)(Cl)c1n[nH]c2ncc(Br)cc12. The maximum absolute atomic E-state index is 11.1. The molecule has 5 nitrogen and oxygen atoms in total. The third kappa shape index (κ3) is 1.62. The Kier molecular flexibility index (Phi) is 2.24. The summed E-state index contributed by atoms with van der Waals surface area (Å²) in [6, 6.07) is 1.58. The van der Waals surface area contributed by atoms with Crippen molar-refractivity contribution >= 4 is 46.7 Å². The Morgan fingerprint density at radius 2 is 2.21 bits per heavy atom. The van der Waals surface area contributed by atoms with Crippen LogP contribution in [0.3, 0.4) is 0 Å². The summed E-state index contributed by atoms with van der Waals surface area (Å²) in [4.78, 5) is 3.93. The maximum atomic E-state index is 11.1. The topological polar surface area (TPSA) is 75.7 Å². The smallest absolute Gasteiger partial charge is 0.259 e. The van der Waals surface area contributed by atoms with Gasteiger partial charge in [-0.05, 0) is 22.0 Å². The van der Waals surface area contributed by atoms with E-state index in [0.29, 0.717) is 15.5 Å². The van der Waals surface area contributed by atoms with Gasteiger partial charge in [0, 0.05) is 21.4 Å². The number of halogens is 2. The van der Waals surface area contributed by atoms with Crippen molar-refractivity contribution in [2.24, 2.45) is 0 Å². The highest BCUT2D eigenvalue weighted by molar-refractivity contribution is 9.10. The van der Waals surface area contributed by atoms with E-state index >= 15 is 0 Å². The molecule has 0 fully saturated rings. The van der Waals surface area contributed by atoms with E-state index in [1.54, 1.807) is 6.07 Å². The first-order chi connectivity index (χ1) is 6.48. The van der Waals surface area contributed by atoms with Crippen LogP contribution in [0.4, 0.5) is 0 Å². The molecule has 2 rings (SSSR count). The molecule has 2 aromatic rings. The van der Waals surface area contributed by atoms with Gasteiger partial charge in [0.1, 0.15) is 0 Å². The predicted octanol–water partition coefficient (Wildman–Crippen LogP) is 1.65. The zero-order valence-corrected chi connectivity index (χ0v) is 9.69. The van der Waals surface area contributed by atoms with Crippen molar-refractivity contribution in [2.75, 3.05) is 0 Å². The number of fused-ring (bicyclic) bond motifs is 1. The minimum atomic E-state index is -3.83. The third-order valence-corrected chi connectivity index (χ3v) is 3.22. The zero-order valence-electron chi connectivity index (χ0n) is 6.53. The molecule has 0 amide bonds. The number of aromatic amines is 1. The molecule has 0 atom stereocenters. The first kappa shape index (κ1) is 9.88. The Bertz CT molecular complexity index is 594. The van der Waals surface area contributed by atoms with Crippen LogP contribution >= 0.6 is 26.6 Å². The molecule has 0 saturated carbocycles. The van der Waals surface area contributed by atoms with Crippen molar-refractivity contribution in [3.05, 3.63) is 16.7 Å². The van der Waals surface area contributed by atoms with Crippen molar-refractivity contribution in [3.8, 4) is 0 Å². The Labute approximate surface area is 92.0 Å². The van der Waals surface area contributed by atoms with Crippen LogP contribution in [0.15, 0.2) is 21.8 Å². The molecule has 1 N–H and O–H groups in total. The summed E-state index contributed by atoms with van der Waals surface area (Å²) >= 11 is 3.18. The van der Waals surface area contributed by atoms with Gasteiger partial charge in [0.15, 0.2) is 5.65 Å². The highest BCUT2D eigenvalue weighted by Gasteiger charge is 2.18. The lowest BCUT2D eigenvalue weighted by atomic mass is 10.4. The minimum absolute atomic E-state index is 0.206. The van der Waals surface area contributed by atoms with Crippen LogP contribution in [-0.4, -0.2) is 23.6 Å². The van der Waals surface area contributed by atoms with Gasteiger partial charge in [0.2, 0.25) is 5.03 Å². The van der Waals surface area contributed by atoms with Crippen LogP contribution in [0.25, 0.3) is 11.0 Å². The number of hydrogen-bond acceptors (Lipinski definition) is 4. The van der Waals surface area contributed by atoms with Crippen molar-refractivity contribution in [1.29, 1.82) is 0 Å². The molecule has 2 aromatic heterocycles. The van der Waals surface area contributed by atoms with Gasteiger partial charge in [-0.2, -0.15) is 5.10 Å². The Balaban J connectivity index is 2.87. The quantitative estimate of drug-likeness (QED) is 0.812. The van der Waals surface area contributed by atoms with E-state index in [0.717, 1.165) is 0 Å². The Morgan fingerprint density at radius 1 is 1.50 bits per heavy atom. The summed E-state index contributed by atoms with van der Waals surface area (Å²) in [5.74, 6) is 0. The second-order valence-electron chi connectivity index (χ2n) is 2.52. The lowest BCUT2D eigenvalue weighted by Gasteiger charge is -1.91. The maximum Gasteiger partial charge on any atom is 0.281 e. The third-order valence-electron chi connectivity index (χ3n) is 1.58. The molecule has 0 spiro atoms. The van der Waals surface area contributed by atoms with Crippen LogP contribution in [-0.2, 0) is 9.05 Å². The number of nitrogens with zero attached hydrogens (tertiary/aromatic N) is 2. The fraction of sp³-hybridized carbons (Fsp3) is 0. The van der Waals surface area contributed by atoms with Crippen LogP contribution in [0.1, 0.15) is 0 Å². The second-order valence-corrected chi connectivity index (χ2v) is 5.91. The summed E-state index contributed by atoms with van der Waals surface area (Å²) in [5, 5.41) is 6.22. The summed E-state index contributed by atoms with van der Waals surface area (Å²) < 4.78 is 22.8. The summed E-state index contributed by atoms with van der Waals surface area (Å²) in [7, 11) is 1.34. The van der Waals surface area contributed by atoms with Gasteiger partial charge in [-0.15, -0.1) is 0 Å². The van der Waals surface area contributed by atoms with Crippen LogP contribution in [0.5, 0.6) is 0 Å². The molecular weight excluding hydrogens is 294 g/mol. The molecule has 0 aliphatic rings. The van der Waals surface area contributed by atoms with Crippen molar-refractivity contribution in [3.63, 3.8) is 0 Å². The van der Waals surface area contributed by atoms with E-state index in [4.69, 9.17) is 10.7 Å². The molecule has 0 aromatic carbocycles. The van der Waals surface area contributed by atoms with Crippen LogP contribution in [0, 0.1) is 0 Å². The number of nitrogens with one attached hydrogen (secondary N) is 1. The number of pyridine rings is 1. The van der Waals surface area contributed by atoms with Gasteiger partial charge < -0.3 is 0 Å². The molecule has 8 heteroatoms. The van der Waals surface area contributed by atoms with Crippen molar-refractivity contribution < 1.29 is 8.42 Å². The number of rotatable bonds is 1. The van der Waals surface area contributed by atoms with Gasteiger partial charge in [0.25, 0.3) is 9.05 Å². The van der Waals surface area contributed by atoms with Gasteiger partial charge in [0.05, 0.1) is 5.39 Å². The fourth-order valence-corrected chi connectivity index (χ4v) is 2.30. The highest BCUT2D eigenvalue weighted by Crippen LogP contribution is 2.24. The number of hydrogen-bond donors (Lipinski definition) is 1. The van der Waals surface area contributed by atoms with Crippen molar-refractivity contribution in [2.45, 2.75) is 5.03 Å². The van der Waals surface area contributed by atoms with Gasteiger partial charge in [-0.25, -0.2) is 13.4 Å². The van der Waals surface area contributed by atoms with E-state index in [1.807, 2.05) is 0 Å². The van der Waals surface area contributed by atoms with E-state index in [9.17, 15) is 8.42 Å². The molecule has 0 aliphatic carbocycles. The lowest BCUT2D eigenvalue weighted by molar-refractivity contribution is 0.606. The second kappa shape index (κ2) is 3.18. The molecule has 0 radical (unpaired) electrons. The monoisotopic (exact) mass is 295 g/mol. The first-order valence-electron chi connectivity index (χ1n) is 3.43. The largest absolute Gasteiger partial charge is 0.281 e. The molecule has 74 valence electrons. The van der Waals surface area contributed by atoms with Gasteiger partial charge >= 0.3 is 0 Å². The molecule has 0 unspecified atom stereocenters. The number of H-pyrrole nitrogens is 1. The van der Waals surface area contributed by atoms with Gasteiger partial charge in [-0.1, -0.05) is 0 Å². The average Bonchev–Trinajstić information content (AvgIpc) is 2.45. The highest BCUT2D eigenvalue weighted by atomic mass is 79.9. The van der Waals surface area contributed by atoms with E-state index in [1.165, 1.54) is 6.20 Å². The molecule has 0 bridgehead atoms. The molecule has 0 aliphatic heterocycles. The molecule has 0 saturated heterocycles. The standard InChI is InChI=1S/C6H3BrClN3O2S/c7-3-1-4-5(9-2-3)10-11-6(4)14(8,12)13/h1-2H,(H,9,10,11). The minimum Gasteiger partial charge on any atom is -0.259 e. The average molecular weight is 297 g/mol. The van der Waals surface area contributed by atoms with Gasteiger partial charge in [-0.3, -0.25) is 5.10 Å². The van der Waals surface area contributed by atoms with Crippen LogP contribution in [0.2, 0.25) is 0 Å². The van der Waals surface area contributed by atoms with E-state index < -0.39 is 9.05 Å². The first-order valence-corrected chi connectivity index (χ1v) is 6.53. The summed E-state index contributed by atoms with van der Waals surface area (Å²) in [5.41, 5.74) is 0.382. The Morgan fingerprint density at radius 3 is 2.86 bits per heavy atom. The van der Waals surface area contributed by atoms with Crippen molar-refractivity contribution in [1.82, 2.24) is 15.2 Å². The molecule has 2 heterocycles. The number of aromatic nitrogens is 3. The van der Waals surface area contributed by atoms with E-state index in [-0.39, 0.29) is 5.03 Å². The lowest BCUT2D eigenvalue weighted by Crippen LogP contribution is -1.91. The molecular formula is C6H3BrClN3O2S. The predicted molar refractivity (Wildman–Crippen MR) is 54.6 cm³/mol. The van der Waals surface area contributed by atoms with Crippen LogP contribution < -0.4 is 0 Å². The summed E-state index contributed by atoms with van der Waals surface area (Å²) in [6.07, 6.45) is 1.53. The zero-order chi connectivity index (χ0) is 10.3. The van der Waals surface area contributed by atoms with E-state index in [2.05, 4.69) is 31.1 Å². The molecule has 14 heavy (non-hydrogen) atoms. The summed E-state index contributed by atoms with van der Waals surface area (Å²) in [6.45, 7) is 0. The normalized spacial score (nSPS) is 12.1. The fourth-order valence-electron chi connectivity index (χ4n) is 1.04.